The first-order valence-corrected chi connectivity index (χ1v) is 9.29. The molecule has 0 atom stereocenters. The molecule has 2 saturated heterocycles. The second-order valence-corrected chi connectivity index (χ2v) is 6.89. The molecule has 138 valence electrons. The average Bonchev–Trinajstić information content (AvgIpc) is 2.67. The number of nitrogens with zero attached hydrogens (tertiary/aromatic N) is 5. The highest BCUT2D eigenvalue weighted by atomic mass is 16.2. The molecule has 0 aliphatic carbocycles. The summed E-state index contributed by atoms with van der Waals surface area (Å²) in [6.45, 7) is 11.4. The third-order valence-electron chi connectivity index (χ3n) is 5.19. The number of carbonyl (C=O) groups is 1. The molecule has 1 N–H and O–H groups in total. The van der Waals surface area contributed by atoms with Crippen LogP contribution in [0.4, 0.5) is 10.6 Å². The molecule has 2 aliphatic heterocycles. The molecule has 0 bridgehead atoms. The van der Waals surface area contributed by atoms with Gasteiger partial charge in [-0.2, -0.15) is 0 Å². The van der Waals surface area contributed by atoms with E-state index in [4.69, 9.17) is 0 Å². The molecule has 1 aromatic heterocycles. The van der Waals surface area contributed by atoms with Crippen LogP contribution in [-0.2, 0) is 6.54 Å². The Hall–Kier alpha value is -1.86. The van der Waals surface area contributed by atoms with E-state index in [2.05, 4.69) is 45.0 Å². The first-order chi connectivity index (χ1) is 12.2. The summed E-state index contributed by atoms with van der Waals surface area (Å²) in [5.41, 5.74) is 1.10. The summed E-state index contributed by atoms with van der Waals surface area (Å²) in [6.07, 6.45) is 1.84. The van der Waals surface area contributed by atoms with Gasteiger partial charge in [0.2, 0.25) is 0 Å². The molecular formula is C18H30N6O. The number of anilines is 1. The van der Waals surface area contributed by atoms with Crippen molar-refractivity contribution in [1.29, 1.82) is 0 Å². The molecule has 1 aromatic rings. The molecule has 0 saturated carbocycles. The lowest BCUT2D eigenvalue weighted by Gasteiger charge is -2.34. The van der Waals surface area contributed by atoms with E-state index < -0.39 is 0 Å². The minimum Gasteiger partial charge on any atom is -0.354 e. The zero-order valence-electron chi connectivity index (χ0n) is 15.4. The number of nitrogens with one attached hydrogen (secondary N) is 1. The summed E-state index contributed by atoms with van der Waals surface area (Å²) in [6, 6.07) is 4.11. The van der Waals surface area contributed by atoms with E-state index in [-0.39, 0.29) is 6.03 Å². The van der Waals surface area contributed by atoms with Crippen LogP contribution in [0.25, 0.3) is 0 Å². The Kier molecular flexibility index (Phi) is 6.09. The highest BCUT2D eigenvalue weighted by Gasteiger charge is 2.20. The van der Waals surface area contributed by atoms with Crippen molar-refractivity contribution < 1.29 is 4.79 Å². The van der Waals surface area contributed by atoms with Gasteiger partial charge in [-0.1, -0.05) is 6.92 Å². The number of hydrogen-bond donors (Lipinski definition) is 1. The Morgan fingerprint density at radius 3 is 2.52 bits per heavy atom. The summed E-state index contributed by atoms with van der Waals surface area (Å²) >= 11 is 0. The van der Waals surface area contributed by atoms with Crippen LogP contribution in [0, 0.1) is 0 Å². The van der Waals surface area contributed by atoms with Crippen LogP contribution >= 0.6 is 0 Å². The predicted octanol–water partition coefficient (Wildman–Crippen LogP) is 0.681. The molecule has 7 heteroatoms. The topological polar surface area (TPSA) is 55.0 Å². The zero-order chi connectivity index (χ0) is 17.6. The van der Waals surface area contributed by atoms with Gasteiger partial charge in [0.15, 0.2) is 0 Å². The minimum atomic E-state index is 0.0358. The lowest BCUT2D eigenvalue weighted by molar-refractivity contribution is 0.142. The van der Waals surface area contributed by atoms with Gasteiger partial charge in [0.05, 0.1) is 0 Å². The highest BCUT2D eigenvalue weighted by Crippen LogP contribution is 2.15. The maximum atomic E-state index is 12.4. The maximum absolute atomic E-state index is 12.4. The minimum absolute atomic E-state index is 0.0358. The molecule has 2 fully saturated rings. The summed E-state index contributed by atoms with van der Waals surface area (Å²) in [7, 11) is 2.15. The van der Waals surface area contributed by atoms with Crippen LogP contribution < -0.4 is 10.2 Å². The molecule has 0 aromatic carbocycles. The van der Waals surface area contributed by atoms with Gasteiger partial charge in [-0.25, -0.2) is 9.78 Å². The molecule has 0 radical (unpaired) electrons. The Balaban J connectivity index is 1.50. The van der Waals surface area contributed by atoms with Crippen molar-refractivity contribution in [3.8, 4) is 0 Å². The summed E-state index contributed by atoms with van der Waals surface area (Å²) < 4.78 is 0. The van der Waals surface area contributed by atoms with Crippen molar-refractivity contribution in [2.75, 3.05) is 70.9 Å². The van der Waals surface area contributed by atoms with Crippen molar-refractivity contribution in [3.63, 3.8) is 0 Å². The van der Waals surface area contributed by atoms with Crippen molar-refractivity contribution >= 4 is 11.8 Å². The van der Waals surface area contributed by atoms with Crippen LogP contribution in [0.2, 0.25) is 0 Å². The molecule has 25 heavy (non-hydrogen) atoms. The van der Waals surface area contributed by atoms with Crippen LogP contribution in [0.3, 0.4) is 0 Å². The number of aromatic nitrogens is 1. The largest absolute Gasteiger partial charge is 0.354 e. The Morgan fingerprint density at radius 2 is 1.84 bits per heavy atom. The molecular weight excluding hydrogens is 316 g/mol. The third-order valence-corrected chi connectivity index (χ3v) is 5.19. The fraction of sp³-hybridized carbons (Fsp3) is 0.667. The molecule has 2 aliphatic rings. The fourth-order valence-electron chi connectivity index (χ4n) is 3.34. The van der Waals surface area contributed by atoms with Gasteiger partial charge in [0.1, 0.15) is 5.82 Å². The standard InChI is InChI=1S/C18H30N6O/c1-3-22-8-12-24(13-9-22)18(25)20-15-16-4-5-19-17(14-16)23-10-6-21(2)7-11-23/h4-5,14H,3,6-13,15H2,1-2H3,(H,20,25). The lowest BCUT2D eigenvalue weighted by Crippen LogP contribution is -2.51. The van der Waals surface area contributed by atoms with Crippen LogP contribution in [0.15, 0.2) is 18.3 Å². The second kappa shape index (κ2) is 8.49. The van der Waals surface area contributed by atoms with Gasteiger partial charge in [-0.3, -0.25) is 0 Å². The number of piperazine rings is 2. The van der Waals surface area contributed by atoms with Gasteiger partial charge in [-0.05, 0) is 31.3 Å². The Morgan fingerprint density at radius 1 is 1.12 bits per heavy atom. The van der Waals surface area contributed by atoms with Gasteiger partial charge < -0.3 is 24.9 Å². The molecule has 7 nitrogen and oxygen atoms in total. The van der Waals surface area contributed by atoms with Gasteiger partial charge >= 0.3 is 6.03 Å². The van der Waals surface area contributed by atoms with Crippen molar-refractivity contribution in [3.05, 3.63) is 23.9 Å². The number of pyridine rings is 1. The molecule has 0 unspecified atom stereocenters. The van der Waals surface area contributed by atoms with E-state index in [1.54, 1.807) is 0 Å². The summed E-state index contributed by atoms with van der Waals surface area (Å²) in [4.78, 5) is 25.8. The number of urea groups is 1. The Bertz CT molecular complexity index is 564. The third kappa shape index (κ3) is 4.83. The second-order valence-electron chi connectivity index (χ2n) is 6.89. The molecule has 3 heterocycles. The summed E-state index contributed by atoms with van der Waals surface area (Å²) in [5, 5.41) is 3.05. The molecule has 0 spiro atoms. The average molecular weight is 346 g/mol. The van der Waals surface area contributed by atoms with Gasteiger partial charge in [0, 0.05) is 65.1 Å². The predicted molar refractivity (Wildman–Crippen MR) is 99.9 cm³/mol. The van der Waals surface area contributed by atoms with Gasteiger partial charge in [0.25, 0.3) is 0 Å². The van der Waals surface area contributed by atoms with Crippen LogP contribution in [0.5, 0.6) is 0 Å². The molecule has 3 rings (SSSR count). The van der Waals surface area contributed by atoms with Crippen molar-refractivity contribution in [1.82, 2.24) is 25.0 Å². The van der Waals surface area contributed by atoms with E-state index in [0.717, 1.165) is 70.3 Å². The van der Waals surface area contributed by atoms with E-state index in [1.807, 2.05) is 17.2 Å². The normalized spacial score (nSPS) is 19.9. The van der Waals surface area contributed by atoms with E-state index in [1.165, 1.54) is 0 Å². The quantitative estimate of drug-likeness (QED) is 0.869. The summed E-state index contributed by atoms with van der Waals surface area (Å²) in [5.74, 6) is 1.01. The van der Waals surface area contributed by atoms with E-state index in [0.29, 0.717) is 6.54 Å². The van der Waals surface area contributed by atoms with E-state index >= 15 is 0 Å². The number of rotatable bonds is 4. The fourth-order valence-corrected chi connectivity index (χ4v) is 3.34. The first kappa shape index (κ1) is 17.9. The van der Waals surface area contributed by atoms with Crippen LogP contribution in [-0.4, -0.2) is 91.7 Å². The monoisotopic (exact) mass is 346 g/mol. The lowest BCUT2D eigenvalue weighted by atomic mass is 10.2. The SMILES string of the molecule is CCN1CCN(C(=O)NCc2ccnc(N3CCN(C)CC3)c2)CC1. The number of carbonyl (C=O) groups excluding carboxylic acids is 1. The van der Waals surface area contributed by atoms with E-state index in [9.17, 15) is 4.79 Å². The highest BCUT2D eigenvalue weighted by molar-refractivity contribution is 5.74. The maximum Gasteiger partial charge on any atom is 0.317 e. The molecule has 2 amide bonds. The van der Waals surface area contributed by atoms with Crippen molar-refractivity contribution in [2.24, 2.45) is 0 Å². The van der Waals surface area contributed by atoms with Gasteiger partial charge in [-0.15, -0.1) is 0 Å². The first-order valence-electron chi connectivity index (χ1n) is 9.29. The Labute approximate surface area is 150 Å². The number of amides is 2. The van der Waals surface area contributed by atoms with Crippen molar-refractivity contribution in [2.45, 2.75) is 13.5 Å². The smallest absolute Gasteiger partial charge is 0.317 e. The number of likely N-dealkylation sites (N-methyl/N-ethyl adjacent to an activating group) is 2. The van der Waals surface area contributed by atoms with Crippen LogP contribution in [0.1, 0.15) is 12.5 Å². The number of hydrogen-bond acceptors (Lipinski definition) is 5. The zero-order valence-corrected chi connectivity index (χ0v) is 15.4.